The van der Waals surface area contributed by atoms with Gasteiger partial charge in [0.2, 0.25) is 10.0 Å². The average Bonchev–Trinajstić information content (AvgIpc) is 2.63. The summed E-state index contributed by atoms with van der Waals surface area (Å²) in [7, 11) is -3.87. The minimum atomic E-state index is -3.87. The largest absolute Gasteiger partial charge is 0.508 e. The molecule has 2 aromatic carbocycles. The summed E-state index contributed by atoms with van der Waals surface area (Å²) in [5.41, 5.74) is 0. The smallest absolute Gasteiger partial charge is 0.326 e. The fraction of sp³-hybridized carbons (Fsp3) is 0.167. The van der Waals surface area contributed by atoms with Crippen molar-refractivity contribution in [3.8, 4) is 29.1 Å². The number of carbonyl (C=O) groups is 1. The Morgan fingerprint density at radius 2 is 1.69 bits per heavy atom. The zero-order valence-corrected chi connectivity index (χ0v) is 14.7. The lowest BCUT2D eigenvalue weighted by molar-refractivity contribution is -0.133. The number of hydrogen-bond acceptors (Lipinski definition) is 6. The van der Waals surface area contributed by atoms with Crippen molar-refractivity contribution in [2.45, 2.75) is 11.8 Å². The molecule has 0 fully saturated rings. The molecule has 0 aliphatic rings. The van der Waals surface area contributed by atoms with Crippen LogP contribution in [0.1, 0.15) is 6.92 Å². The van der Waals surface area contributed by atoms with Crippen molar-refractivity contribution in [2.24, 2.45) is 0 Å². The maximum atomic E-state index is 12.2. The van der Waals surface area contributed by atoms with E-state index in [1.165, 1.54) is 48.5 Å². The molecule has 2 aromatic rings. The second-order valence-corrected chi connectivity index (χ2v) is 6.75. The topological polar surface area (TPSA) is 102 Å². The van der Waals surface area contributed by atoms with E-state index in [0.29, 0.717) is 5.75 Å². The van der Waals surface area contributed by atoms with E-state index < -0.39 is 22.5 Å². The number of sulfonamides is 1. The molecule has 8 heteroatoms. The Bertz CT molecular complexity index is 909. The number of esters is 1. The predicted octanol–water partition coefficient (Wildman–Crippen LogP) is 1.68. The minimum Gasteiger partial charge on any atom is -0.508 e. The van der Waals surface area contributed by atoms with Crippen LogP contribution in [0.25, 0.3) is 0 Å². The molecule has 0 radical (unpaired) electrons. The lowest BCUT2D eigenvalue weighted by atomic mass is 10.3. The lowest BCUT2D eigenvalue weighted by Crippen LogP contribution is -2.31. The van der Waals surface area contributed by atoms with Crippen LogP contribution in [0, 0.1) is 11.8 Å². The van der Waals surface area contributed by atoms with E-state index in [1.807, 2.05) is 0 Å². The molecule has 2 N–H and O–H groups in total. The van der Waals surface area contributed by atoms with Gasteiger partial charge in [-0.2, -0.15) is 4.72 Å². The molecular weight excluding hydrogens is 358 g/mol. The van der Waals surface area contributed by atoms with Crippen molar-refractivity contribution in [3.05, 3.63) is 48.5 Å². The van der Waals surface area contributed by atoms with Gasteiger partial charge in [0.1, 0.15) is 30.4 Å². The number of phenols is 1. The molecule has 2 rings (SSSR count). The molecule has 0 unspecified atom stereocenters. The van der Waals surface area contributed by atoms with Crippen molar-refractivity contribution in [1.29, 1.82) is 0 Å². The van der Waals surface area contributed by atoms with Crippen LogP contribution in [0.5, 0.6) is 17.2 Å². The Morgan fingerprint density at radius 3 is 2.31 bits per heavy atom. The Kier molecular flexibility index (Phi) is 6.60. The number of nitrogens with one attached hydrogen (secondary N) is 1. The first-order chi connectivity index (χ1) is 12.4. The van der Waals surface area contributed by atoms with Gasteiger partial charge in [0.15, 0.2) is 0 Å². The van der Waals surface area contributed by atoms with Gasteiger partial charge in [0.05, 0.1) is 4.90 Å². The number of phenolic OH excluding ortho intramolecular Hbond substituents is 1. The van der Waals surface area contributed by atoms with E-state index in [4.69, 9.17) is 14.6 Å². The third kappa shape index (κ3) is 5.81. The molecule has 0 saturated carbocycles. The SMILES string of the molecule is CC#CCOc1ccc(S(=O)(=O)NCC(=O)Oc2ccc(O)cc2)cc1. The molecule has 7 nitrogen and oxygen atoms in total. The summed E-state index contributed by atoms with van der Waals surface area (Å²) in [6.45, 7) is 1.37. The van der Waals surface area contributed by atoms with Gasteiger partial charge in [-0.05, 0) is 55.5 Å². The standard InChI is InChI=1S/C18H17NO6S/c1-2-3-12-24-15-8-10-17(11-9-15)26(22,23)19-13-18(21)25-16-6-4-14(20)5-7-16/h4-11,19-20H,12-13H2,1H3. The van der Waals surface area contributed by atoms with Crippen LogP contribution in [0.4, 0.5) is 0 Å². The van der Waals surface area contributed by atoms with Gasteiger partial charge in [-0.3, -0.25) is 4.79 Å². The van der Waals surface area contributed by atoms with E-state index in [0.717, 1.165) is 0 Å². The maximum Gasteiger partial charge on any atom is 0.326 e. The van der Waals surface area contributed by atoms with Crippen molar-refractivity contribution < 1.29 is 27.8 Å². The van der Waals surface area contributed by atoms with Gasteiger partial charge in [-0.15, -0.1) is 5.92 Å². The summed E-state index contributed by atoms with van der Waals surface area (Å²) in [5, 5.41) is 9.16. The van der Waals surface area contributed by atoms with Crippen LogP contribution in [0.2, 0.25) is 0 Å². The number of rotatable bonds is 7. The van der Waals surface area contributed by atoms with E-state index in [9.17, 15) is 13.2 Å². The van der Waals surface area contributed by atoms with Crippen LogP contribution >= 0.6 is 0 Å². The number of carbonyl (C=O) groups excluding carboxylic acids is 1. The van der Waals surface area contributed by atoms with E-state index in [2.05, 4.69) is 16.6 Å². The third-order valence-electron chi connectivity index (χ3n) is 3.10. The van der Waals surface area contributed by atoms with E-state index in [-0.39, 0.29) is 23.0 Å². The van der Waals surface area contributed by atoms with Gasteiger partial charge < -0.3 is 14.6 Å². The Morgan fingerprint density at radius 1 is 1.08 bits per heavy atom. The van der Waals surface area contributed by atoms with Crippen LogP contribution in [-0.4, -0.2) is 32.6 Å². The van der Waals surface area contributed by atoms with E-state index >= 15 is 0 Å². The van der Waals surface area contributed by atoms with Gasteiger partial charge in [-0.25, -0.2) is 8.42 Å². The normalized spacial score (nSPS) is 10.5. The molecule has 0 atom stereocenters. The lowest BCUT2D eigenvalue weighted by Gasteiger charge is -2.08. The first-order valence-electron chi connectivity index (χ1n) is 7.52. The first kappa shape index (κ1) is 19.3. The zero-order chi connectivity index (χ0) is 19.0. The highest BCUT2D eigenvalue weighted by atomic mass is 32.2. The number of aromatic hydroxyl groups is 1. The molecule has 0 aliphatic carbocycles. The Labute approximate surface area is 151 Å². The first-order valence-corrected chi connectivity index (χ1v) is 9.01. The summed E-state index contributed by atoms with van der Waals surface area (Å²) in [6.07, 6.45) is 0. The minimum absolute atomic E-state index is 0.0103. The highest BCUT2D eigenvalue weighted by Gasteiger charge is 2.16. The molecule has 0 bridgehead atoms. The second kappa shape index (κ2) is 8.89. The van der Waals surface area contributed by atoms with Crippen LogP contribution in [-0.2, 0) is 14.8 Å². The van der Waals surface area contributed by atoms with Crippen LogP contribution in [0.3, 0.4) is 0 Å². The summed E-state index contributed by atoms with van der Waals surface area (Å²) >= 11 is 0. The Hall–Kier alpha value is -3.02. The zero-order valence-electron chi connectivity index (χ0n) is 13.9. The molecule has 0 amide bonds. The fourth-order valence-electron chi connectivity index (χ4n) is 1.83. The molecule has 0 aromatic heterocycles. The molecule has 0 aliphatic heterocycles. The van der Waals surface area contributed by atoms with Gasteiger partial charge in [-0.1, -0.05) is 5.92 Å². The van der Waals surface area contributed by atoms with Crippen molar-refractivity contribution in [1.82, 2.24) is 4.72 Å². The Balaban J connectivity index is 1.91. The number of hydrogen-bond donors (Lipinski definition) is 2. The molecule has 0 heterocycles. The maximum absolute atomic E-state index is 12.2. The van der Waals surface area contributed by atoms with Crippen molar-refractivity contribution >= 4 is 16.0 Å². The second-order valence-electron chi connectivity index (χ2n) is 4.98. The summed E-state index contributed by atoms with van der Waals surface area (Å²) in [6, 6.07) is 11.2. The van der Waals surface area contributed by atoms with Crippen LogP contribution < -0.4 is 14.2 Å². The fourth-order valence-corrected chi connectivity index (χ4v) is 2.79. The summed E-state index contributed by atoms with van der Waals surface area (Å²) in [5.74, 6) is 5.34. The molecule has 136 valence electrons. The van der Waals surface area contributed by atoms with Gasteiger partial charge >= 0.3 is 5.97 Å². The molecule has 0 saturated heterocycles. The number of ether oxygens (including phenoxy) is 2. The monoisotopic (exact) mass is 375 g/mol. The highest BCUT2D eigenvalue weighted by Crippen LogP contribution is 2.17. The molecule has 0 spiro atoms. The highest BCUT2D eigenvalue weighted by molar-refractivity contribution is 7.89. The summed E-state index contributed by atoms with van der Waals surface area (Å²) < 4.78 is 36.8. The van der Waals surface area contributed by atoms with Crippen LogP contribution in [0.15, 0.2) is 53.4 Å². The molecular formula is C18H17NO6S. The molecule has 26 heavy (non-hydrogen) atoms. The van der Waals surface area contributed by atoms with Crippen molar-refractivity contribution in [3.63, 3.8) is 0 Å². The quantitative estimate of drug-likeness (QED) is 0.434. The van der Waals surface area contributed by atoms with Gasteiger partial charge in [0.25, 0.3) is 0 Å². The number of benzene rings is 2. The average molecular weight is 375 g/mol. The van der Waals surface area contributed by atoms with Gasteiger partial charge in [0, 0.05) is 0 Å². The summed E-state index contributed by atoms with van der Waals surface area (Å²) in [4.78, 5) is 11.7. The predicted molar refractivity (Wildman–Crippen MR) is 94.3 cm³/mol. The third-order valence-corrected chi connectivity index (χ3v) is 4.51. The van der Waals surface area contributed by atoms with E-state index in [1.54, 1.807) is 6.92 Å². The van der Waals surface area contributed by atoms with Crippen molar-refractivity contribution in [2.75, 3.05) is 13.2 Å².